The summed E-state index contributed by atoms with van der Waals surface area (Å²) in [7, 11) is 2.10. The molecule has 1 aromatic heterocycles. The molecule has 2 amide bonds. The van der Waals surface area contributed by atoms with Gasteiger partial charge in [0.15, 0.2) is 17.5 Å². The van der Waals surface area contributed by atoms with Crippen LogP contribution in [0.3, 0.4) is 0 Å². The number of benzene rings is 3. The summed E-state index contributed by atoms with van der Waals surface area (Å²) in [5, 5.41) is 6.59. The van der Waals surface area contributed by atoms with Crippen molar-refractivity contribution in [1.29, 1.82) is 0 Å². The monoisotopic (exact) mass is 604 g/mol. The molecule has 228 valence electrons. The standard InChI is InChI=1S/C32H31F3N6O3/c1-40-13-9-19(10-14-40)17-44-27-16-25-22(30(38-18-37-25)39-24-8-7-23(33)28(34)29(24)35)15-26(27)36-11-4-12-41-31(42)20-5-2-3-6-21(20)32(41)43/h2-3,5-8,15-16,18-19,36H,4,9-14,17H2,1H3,(H,37,38,39). The molecule has 3 heterocycles. The fraction of sp³-hybridized carbons (Fsp3) is 0.312. The van der Waals surface area contributed by atoms with Gasteiger partial charge in [-0.25, -0.2) is 23.1 Å². The Labute approximate surface area is 252 Å². The van der Waals surface area contributed by atoms with Crippen molar-refractivity contribution in [1.82, 2.24) is 19.8 Å². The third kappa shape index (κ3) is 5.89. The Morgan fingerprint density at radius 3 is 2.39 bits per heavy atom. The lowest BCUT2D eigenvalue weighted by molar-refractivity contribution is 0.0654. The van der Waals surface area contributed by atoms with Crippen molar-refractivity contribution >= 4 is 39.9 Å². The molecule has 1 saturated heterocycles. The minimum absolute atomic E-state index is 0.191. The van der Waals surface area contributed by atoms with Crippen molar-refractivity contribution in [3.8, 4) is 5.75 Å². The van der Waals surface area contributed by atoms with Gasteiger partial charge in [-0.15, -0.1) is 0 Å². The first-order chi connectivity index (χ1) is 21.3. The maximum atomic E-state index is 14.5. The predicted octanol–water partition coefficient (Wildman–Crippen LogP) is 5.61. The van der Waals surface area contributed by atoms with Crippen molar-refractivity contribution in [3.05, 3.63) is 83.4 Å². The average molecular weight is 605 g/mol. The van der Waals surface area contributed by atoms with Crippen LogP contribution in [0.4, 0.5) is 30.4 Å². The van der Waals surface area contributed by atoms with Crippen LogP contribution in [0.2, 0.25) is 0 Å². The van der Waals surface area contributed by atoms with Gasteiger partial charge in [-0.2, -0.15) is 0 Å². The van der Waals surface area contributed by atoms with Crippen LogP contribution in [0.5, 0.6) is 5.75 Å². The van der Waals surface area contributed by atoms with Crippen molar-refractivity contribution < 1.29 is 27.5 Å². The van der Waals surface area contributed by atoms with Crippen molar-refractivity contribution in [3.63, 3.8) is 0 Å². The summed E-state index contributed by atoms with van der Waals surface area (Å²) < 4.78 is 48.2. The molecular formula is C32H31F3N6O3. The number of aromatic nitrogens is 2. The number of imide groups is 1. The van der Waals surface area contributed by atoms with Crippen LogP contribution in [0, 0.1) is 23.4 Å². The number of ether oxygens (including phenoxy) is 1. The number of nitrogens with one attached hydrogen (secondary N) is 2. The molecule has 0 unspecified atom stereocenters. The van der Waals surface area contributed by atoms with Gasteiger partial charge in [0.25, 0.3) is 11.8 Å². The number of nitrogens with zero attached hydrogens (tertiary/aromatic N) is 4. The van der Waals surface area contributed by atoms with Crippen LogP contribution in [0.15, 0.2) is 54.9 Å². The van der Waals surface area contributed by atoms with E-state index in [4.69, 9.17) is 4.74 Å². The summed E-state index contributed by atoms with van der Waals surface area (Å²) in [4.78, 5) is 37.6. The van der Waals surface area contributed by atoms with E-state index < -0.39 is 17.5 Å². The van der Waals surface area contributed by atoms with Crippen molar-refractivity contribution in [2.75, 3.05) is 50.5 Å². The summed E-state index contributed by atoms with van der Waals surface area (Å²) >= 11 is 0. The number of rotatable bonds is 10. The summed E-state index contributed by atoms with van der Waals surface area (Å²) in [6, 6.07) is 12.2. The summed E-state index contributed by atoms with van der Waals surface area (Å²) in [5.74, 6) is -3.72. The Morgan fingerprint density at radius 1 is 0.932 bits per heavy atom. The second kappa shape index (κ2) is 12.5. The number of likely N-dealkylation sites (tertiary alicyclic amines) is 1. The molecular weight excluding hydrogens is 573 g/mol. The number of hydrogen-bond acceptors (Lipinski definition) is 8. The Morgan fingerprint density at radius 2 is 1.66 bits per heavy atom. The highest BCUT2D eigenvalue weighted by Crippen LogP contribution is 2.35. The number of hydrogen-bond donors (Lipinski definition) is 2. The van der Waals surface area contributed by atoms with Gasteiger partial charge in [0, 0.05) is 24.5 Å². The molecule has 44 heavy (non-hydrogen) atoms. The number of fused-ring (bicyclic) bond motifs is 2. The lowest BCUT2D eigenvalue weighted by Crippen LogP contribution is -2.32. The maximum absolute atomic E-state index is 14.5. The molecule has 2 aliphatic heterocycles. The lowest BCUT2D eigenvalue weighted by Gasteiger charge is -2.29. The van der Waals surface area contributed by atoms with Gasteiger partial charge in [0.1, 0.15) is 17.9 Å². The number of anilines is 3. The number of amides is 2. The summed E-state index contributed by atoms with van der Waals surface area (Å²) in [6.07, 6.45) is 3.79. The molecule has 9 nitrogen and oxygen atoms in total. The molecule has 0 atom stereocenters. The van der Waals surface area contributed by atoms with E-state index in [9.17, 15) is 22.8 Å². The quantitative estimate of drug-likeness (QED) is 0.137. The average Bonchev–Trinajstić information content (AvgIpc) is 3.28. The molecule has 12 heteroatoms. The van der Waals surface area contributed by atoms with Crippen LogP contribution < -0.4 is 15.4 Å². The van der Waals surface area contributed by atoms with Gasteiger partial charge in [-0.1, -0.05) is 12.1 Å². The van der Waals surface area contributed by atoms with E-state index >= 15 is 0 Å². The normalized spacial score (nSPS) is 15.6. The molecule has 4 aromatic rings. The Hall–Kier alpha value is -4.71. The predicted molar refractivity (Wildman–Crippen MR) is 160 cm³/mol. The fourth-order valence-corrected chi connectivity index (χ4v) is 5.53. The molecule has 2 aliphatic rings. The smallest absolute Gasteiger partial charge is 0.261 e. The molecule has 0 spiro atoms. The first-order valence-corrected chi connectivity index (χ1v) is 14.5. The number of carbonyl (C=O) groups is 2. The van der Waals surface area contributed by atoms with Crippen LogP contribution in [-0.4, -0.2) is 71.4 Å². The van der Waals surface area contributed by atoms with Crippen LogP contribution >= 0.6 is 0 Å². The maximum Gasteiger partial charge on any atom is 0.261 e. The minimum Gasteiger partial charge on any atom is -0.491 e. The molecule has 1 fully saturated rings. The van der Waals surface area contributed by atoms with E-state index in [1.807, 2.05) is 0 Å². The number of halogens is 3. The molecule has 3 aromatic carbocycles. The minimum atomic E-state index is -1.58. The van der Waals surface area contributed by atoms with E-state index in [-0.39, 0.29) is 29.9 Å². The Bertz CT molecular complexity index is 1690. The molecule has 2 N–H and O–H groups in total. The largest absolute Gasteiger partial charge is 0.491 e. The van der Waals surface area contributed by atoms with Gasteiger partial charge >= 0.3 is 0 Å². The van der Waals surface area contributed by atoms with E-state index in [0.717, 1.165) is 38.1 Å². The first kappa shape index (κ1) is 29.4. The zero-order valence-electron chi connectivity index (χ0n) is 24.1. The van der Waals surface area contributed by atoms with E-state index in [2.05, 4.69) is 32.5 Å². The van der Waals surface area contributed by atoms with E-state index in [1.54, 1.807) is 36.4 Å². The summed E-state index contributed by atoms with van der Waals surface area (Å²) in [5.41, 5.74) is 1.64. The van der Waals surface area contributed by atoms with E-state index in [1.165, 1.54) is 11.2 Å². The molecule has 0 saturated carbocycles. The molecule has 0 aliphatic carbocycles. The third-order valence-electron chi connectivity index (χ3n) is 8.09. The highest BCUT2D eigenvalue weighted by Gasteiger charge is 2.34. The lowest BCUT2D eigenvalue weighted by atomic mass is 9.98. The summed E-state index contributed by atoms with van der Waals surface area (Å²) in [6.45, 7) is 3.13. The zero-order valence-corrected chi connectivity index (χ0v) is 24.1. The molecule has 0 bridgehead atoms. The van der Waals surface area contributed by atoms with Gasteiger partial charge in [0.2, 0.25) is 0 Å². The molecule has 6 rings (SSSR count). The third-order valence-corrected chi connectivity index (χ3v) is 8.09. The van der Waals surface area contributed by atoms with Crippen molar-refractivity contribution in [2.45, 2.75) is 19.3 Å². The Balaban J connectivity index is 1.22. The molecule has 0 radical (unpaired) electrons. The van der Waals surface area contributed by atoms with Gasteiger partial charge in [-0.05, 0) is 75.6 Å². The van der Waals surface area contributed by atoms with Crippen molar-refractivity contribution in [2.24, 2.45) is 5.92 Å². The fourth-order valence-electron chi connectivity index (χ4n) is 5.53. The second-order valence-electron chi connectivity index (χ2n) is 11.1. The van der Waals surface area contributed by atoms with Crippen LogP contribution in [-0.2, 0) is 0 Å². The van der Waals surface area contributed by atoms with Gasteiger partial charge in [-0.3, -0.25) is 14.5 Å². The first-order valence-electron chi connectivity index (χ1n) is 14.5. The number of piperidine rings is 1. The highest BCUT2D eigenvalue weighted by molar-refractivity contribution is 6.21. The number of carbonyl (C=O) groups excluding carboxylic acids is 2. The Kier molecular flexibility index (Phi) is 8.34. The second-order valence-corrected chi connectivity index (χ2v) is 11.1. The SMILES string of the molecule is CN1CCC(COc2cc3ncnc(Nc4ccc(F)c(F)c4F)c3cc2NCCCN2C(=O)c3ccccc3C2=O)CC1. The van der Waals surface area contributed by atoms with E-state index in [0.29, 0.717) is 59.0 Å². The van der Waals surface area contributed by atoms with Crippen LogP contribution in [0.25, 0.3) is 10.9 Å². The zero-order chi connectivity index (χ0) is 30.8. The topological polar surface area (TPSA) is 99.7 Å². The highest BCUT2D eigenvalue weighted by atomic mass is 19.2. The van der Waals surface area contributed by atoms with Gasteiger partial charge in [0.05, 0.1) is 34.6 Å². The van der Waals surface area contributed by atoms with Crippen LogP contribution in [0.1, 0.15) is 40.0 Å². The van der Waals surface area contributed by atoms with Gasteiger partial charge < -0.3 is 20.3 Å².